The van der Waals surface area contributed by atoms with Crippen LogP contribution in [0, 0.1) is 27.7 Å². The van der Waals surface area contributed by atoms with Crippen molar-refractivity contribution in [3.8, 4) is 0 Å². The third kappa shape index (κ3) is 3.57. The van der Waals surface area contributed by atoms with Gasteiger partial charge in [0.05, 0.1) is 6.42 Å². The van der Waals surface area contributed by atoms with Crippen LogP contribution in [0.1, 0.15) is 34.2 Å². The normalized spacial score (nSPS) is 10.5. The molecule has 1 amide bonds. The van der Waals surface area contributed by atoms with E-state index < -0.39 is 0 Å². The van der Waals surface area contributed by atoms with E-state index in [-0.39, 0.29) is 12.5 Å². The number of amides is 1. The van der Waals surface area contributed by atoms with Gasteiger partial charge in [-0.15, -0.1) is 0 Å². The summed E-state index contributed by atoms with van der Waals surface area (Å²) in [4.78, 5) is 11.8. The Morgan fingerprint density at radius 2 is 1.72 bits per heavy atom. The molecule has 0 aliphatic carbocycles. The van der Waals surface area contributed by atoms with E-state index in [4.69, 9.17) is 5.11 Å². The maximum Gasteiger partial charge on any atom is 0.224 e. The second kappa shape index (κ2) is 6.55. The minimum atomic E-state index is 0.0275. The number of carbonyl (C=O) groups is 1. The van der Waals surface area contributed by atoms with Gasteiger partial charge in [-0.2, -0.15) is 0 Å². The minimum Gasteiger partial charge on any atom is -0.396 e. The third-order valence-electron chi connectivity index (χ3n) is 3.52. The fourth-order valence-electron chi connectivity index (χ4n) is 2.09. The topological polar surface area (TPSA) is 49.3 Å². The first-order chi connectivity index (χ1) is 8.47. The number of rotatable bonds is 5. The number of hydrogen-bond donors (Lipinski definition) is 2. The zero-order chi connectivity index (χ0) is 13.7. The SMILES string of the molecule is Cc1cc(C)c(C)c(CC(=O)NCCCO)c1C. The van der Waals surface area contributed by atoms with Gasteiger partial charge >= 0.3 is 0 Å². The van der Waals surface area contributed by atoms with Crippen LogP contribution in [-0.4, -0.2) is 24.2 Å². The van der Waals surface area contributed by atoms with Crippen molar-refractivity contribution in [2.24, 2.45) is 0 Å². The molecule has 0 saturated heterocycles. The van der Waals surface area contributed by atoms with Crippen molar-refractivity contribution < 1.29 is 9.90 Å². The number of aliphatic hydroxyl groups excluding tert-OH is 1. The van der Waals surface area contributed by atoms with Gasteiger partial charge < -0.3 is 10.4 Å². The molecular formula is C15H23NO2. The molecule has 3 nitrogen and oxygen atoms in total. The summed E-state index contributed by atoms with van der Waals surface area (Å²) in [5, 5.41) is 11.5. The van der Waals surface area contributed by atoms with Gasteiger partial charge in [0.25, 0.3) is 0 Å². The van der Waals surface area contributed by atoms with E-state index in [1.54, 1.807) is 0 Å². The van der Waals surface area contributed by atoms with Crippen LogP contribution in [0.15, 0.2) is 6.07 Å². The average Bonchev–Trinajstić information content (AvgIpc) is 2.32. The van der Waals surface area contributed by atoms with Crippen LogP contribution in [0.3, 0.4) is 0 Å². The molecule has 100 valence electrons. The molecule has 0 aliphatic rings. The fraction of sp³-hybridized carbons (Fsp3) is 0.533. The summed E-state index contributed by atoms with van der Waals surface area (Å²) in [6.45, 7) is 8.94. The molecule has 0 aromatic heterocycles. The molecule has 0 heterocycles. The van der Waals surface area contributed by atoms with Crippen LogP contribution in [0.25, 0.3) is 0 Å². The quantitative estimate of drug-likeness (QED) is 0.784. The second-order valence-electron chi connectivity index (χ2n) is 4.84. The molecule has 0 spiro atoms. The van der Waals surface area contributed by atoms with Gasteiger partial charge in [-0.1, -0.05) is 6.07 Å². The lowest BCUT2D eigenvalue weighted by molar-refractivity contribution is -0.120. The summed E-state index contributed by atoms with van der Waals surface area (Å²) in [7, 11) is 0. The van der Waals surface area contributed by atoms with Gasteiger partial charge in [-0.25, -0.2) is 0 Å². The molecule has 3 heteroatoms. The molecule has 1 aromatic rings. The van der Waals surface area contributed by atoms with E-state index in [9.17, 15) is 4.79 Å². The van der Waals surface area contributed by atoms with Crippen LogP contribution >= 0.6 is 0 Å². The standard InChI is InChI=1S/C15H23NO2/c1-10-8-11(2)13(4)14(12(10)3)9-15(18)16-6-5-7-17/h8,17H,5-7,9H2,1-4H3,(H,16,18). The summed E-state index contributed by atoms with van der Waals surface area (Å²) in [5.74, 6) is 0.0275. The first-order valence-corrected chi connectivity index (χ1v) is 6.41. The predicted molar refractivity (Wildman–Crippen MR) is 73.8 cm³/mol. The Bertz CT molecular complexity index is 412. The van der Waals surface area contributed by atoms with Gasteiger partial charge in [0.2, 0.25) is 5.91 Å². The number of aryl methyl sites for hydroxylation is 2. The number of aliphatic hydroxyl groups is 1. The molecular weight excluding hydrogens is 226 g/mol. The van der Waals surface area contributed by atoms with Crippen molar-refractivity contribution in [2.45, 2.75) is 40.5 Å². The lowest BCUT2D eigenvalue weighted by Crippen LogP contribution is -2.27. The summed E-state index contributed by atoms with van der Waals surface area (Å²) in [5.41, 5.74) is 6.01. The molecule has 1 aromatic carbocycles. The van der Waals surface area contributed by atoms with Crippen molar-refractivity contribution >= 4 is 5.91 Å². The fourth-order valence-corrected chi connectivity index (χ4v) is 2.09. The largest absolute Gasteiger partial charge is 0.396 e. The van der Waals surface area contributed by atoms with Crippen LogP contribution in [0.2, 0.25) is 0 Å². The smallest absolute Gasteiger partial charge is 0.224 e. The van der Waals surface area contributed by atoms with Crippen LogP contribution in [-0.2, 0) is 11.2 Å². The Morgan fingerprint density at radius 1 is 1.17 bits per heavy atom. The van der Waals surface area contributed by atoms with Crippen LogP contribution < -0.4 is 5.32 Å². The lowest BCUT2D eigenvalue weighted by atomic mass is 9.92. The molecule has 0 aliphatic heterocycles. The Labute approximate surface area is 109 Å². The maximum atomic E-state index is 11.8. The minimum absolute atomic E-state index is 0.0275. The molecule has 1 rings (SSSR count). The molecule has 0 unspecified atom stereocenters. The highest BCUT2D eigenvalue weighted by molar-refractivity contribution is 5.79. The zero-order valence-corrected chi connectivity index (χ0v) is 11.8. The number of benzene rings is 1. The monoisotopic (exact) mass is 249 g/mol. The van der Waals surface area contributed by atoms with Crippen molar-refractivity contribution in [1.82, 2.24) is 5.32 Å². The van der Waals surface area contributed by atoms with Crippen molar-refractivity contribution in [2.75, 3.05) is 13.2 Å². The van der Waals surface area contributed by atoms with Gasteiger partial charge in [-0.05, 0) is 61.9 Å². The average molecular weight is 249 g/mol. The van der Waals surface area contributed by atoms with Crippen molar-refractivity contribution in [1.29, 1.82) is 0 Å². The number of hydrogen-bond acceptors (Lipinski definition) is 2. The van der Waals surface area contributed by atoms with Gasteiger partial charge in [-0.3, -0.25) is 4.79 Å². The van der Waals surface area contributed by atoms with E-state index in [1.807, 2.05) is 0 Å². The zero-order valence-electron chi connectivity index (χ0n) is 11.8. The predicted octanol–water partition coefficient (Wildman–Crippen LogP) is 1.96. The van der Waals surface area contributed by atoms with Crippen molar-refractivity contribution in [3.63, 3.8) is 0 Å². The molecule has 0 bridgehead atoms. The lowest BCUT2D eigenvalue weighted by Gasteiger charge is -2.15. The van der Waals surface area contributed by atoms with Crippen LogP contribution in [0.4, 0.5) is 0 Å². The molecule has 0 saturated carbocycles. The van der Waals surface area contributed by atoms with Crippen LogP contribution in [0.5, 0.6) is 0 Å². The summed E-state index contributed by atoms with van der Waals surface area (Å²) < 4.78 is 0. The molecule has 2 N–H and O–H groups in total. The molecule has 0 radical (unpaired) electrons. The maximum absolute atomic E-state index is 11.8. The Kier molecular flexibility index (Phi) is 5.35. The first-order valence-electron chi connectivity index (χ1n) is 6.41. The van der Waals surface area contributed by atoms with E-state index in [1.165, 1.54) is 22.3 Å². The van der Waals surface area contributed by atoms with Gasteiger partial charge in [0.15, 0.2) is 0 Å². The highest BCUT2D eigenvalue weighted by Gasteiger charge is 2.11. The molecule has 0 atom stereocenters. The van der Waals surface area contributed by atoms with E-state index in [0.29, 0.717) is 19.4 Å². The third-order valence-corrected chi connectivity index (χ3v) is 3.52. The summed E-state index contributed by atoms with van der Waals surface area (Å²) in [6.07, 6.45) is 1.03. The Balaban J connectivity index is 2.81. The van der Waals surface area contributed by atoms with E-state index >= 15 is 0 Å². The molecule has 18 heavy (non-hydrogen) atoms. The highest BCUT2D eigenvalue weighted by atomic mass is 16.3. The number of carbonyl (C=O) groups excluding carboxylic acids is 1. The Hall–Kier alpha value is -1.35. The highest BCUT2D eigenvalue weighted by Crippen LogP contribution is 2.21. The summed E-state index contributed by atoms with van der Waals surface area (Å²) in [6, 6.07) is 2.16. The Morgan fingerprint density at radius 3 is 2.22 bits per heavy atom. The van der Waals surface area contributed by atoms with Crippen molar-refractivity contribution in [3.05, 3.63) is 33.9 Å². The van der Waals surface area contributed by atoms with E-state index in [0.717, 1.165) is 5.56 Å². The van der Waals surface area contributed by atoms with Gasteiger partial charge in [0, 0.05) is 13.2 Å². The summed E-state index contributed by atoms with van der Waals surface area (Å²) >= 11 is 0. The molecule has 0 fully saturated rings. The second-order valence-corrected chi connectivity index (χ2v) is 4.84. The first kappa shape index (κ1) is 14.7. The van der Waals surface area contributed by atoms with Gasteiger partial charge in [0.1, 0.15) is 0 Å². The van der Waals surface area contributed by atoms with E-state index in [2.05, 4.69) is 39.1 Å². The number of nitrogens with one attached hydrogen (secondary N) is 1.